The fourth-order valence-electron chi connectivity index (χ4n) is 1.14. The highest BCUT2D eigenvalue weighted by molar-refractivity contribution is 14.1. The molecule has 0 radical (unpaired) electrons. The van der Waals surface area contributed by atoms with Crippen LogP contribution in [0.15, 0.2) is 30.3 Å². The SMILES string of the molecule is C/C=C(\C)c1ccccc1C#CI. The molecule has 0 bridgehead atoms. The highest BCUT2D eigenvalue weighted by Gasteiger charge is 1.98. The second kappa shape index (κ2) is 5.08. The molecule has 0 amide bonds. The number of allylic oxidation sites excluding steroid dienone is 2. The van der Waals surface area contributed by atoms with E-state index >= 15 is 0 Å². The third kappa shape index (κ3) is 2.60. The summed E-state index contributed by atoms with van der Waals surface area (Å²) in [5.41, 5.74) is 3.61. The summed E-state index contributed by atoms with van der Waals surface area (Å²) in [6.07, 6.45) is 2.10. The Morgan fingerprint density at radius 1 is 1.38 bits per heavy atom. The van der Waals surface area contributed by atoms with Gasteiger partial charge in [-0.05, 0) is 35.0 Å². The van der Waals surface area contributed by atoms with E-state index in [0.29, 0.717) is 0 Å². The minimum Gasteiger partial charge on any atom is -0.0841 e. The third-order valence-electron chi connectivity index (χ3n) is 1.97. The van der Waals surface area contributed by atoms with Crippen molar-refractivity contribution in [1.82, 2.24) is 0 Å². The molecule has 13 heavy (non-hydrogen) atoms. The first-order valence-corrected chi connectivity index (χ1v) is 5.21. The zero-order chi connectivity index (χ0) is 9.68. The van der Waals surface area contributed by atoms with E-state index < -0.39 is 0 Å². The van der Waals surface area contributed by atoms with Gasteiger partial charge in [0.15, 0.2) is 0 Å². The van der Waals surface area contributed by atoms with Crippen LogP contribution in [0.1, 0.15) is 25.0 Å². The first-order chi connectivity index (χ1) is 6.29. The van der Waals surface area contributed by atoms with Crippen LogP contribution < -0.4 is 0 Å². The lowest BCUT2D eigenvalue weighted by Crippen LogP contribution is -1.85. The van der Waals surface area contributed by atoms with Gasteiger partial charge in [0.05, 0.1) is 0 Å². The summed E-state index contributed by atoms with van der Waals surface area (Å²) in [6, 6.07) is 8.21. The number of hydrogen-bond donors (Lipinski definition) is 0. The first-order valence-electron chi connectivity index (χ1n) is 4.13. The molecule has 0 aromatic heterocycles. The molecule has 0 aliphatic rings. The average molecular weight is 282 g/mol. The van der Waals surface area contributed by atoms with Crippen molar-refractivity contribution in [2.24, 2.45) is 0 Å². The Kier molecular flexibility index (Phi) is 4.04. The van der Waals surface area contributed by atoms with E-state index in [2.05, 4.69) is 51.5 Å². The molecule has 1 heteroatoms. The van der Waals surface area contributed by atoms with E-state index in [-0.39, 0.29) is 0 Å². The fourth-order valence-corrected chi connectivity index (χ4v) is 1.43. The second-order valence-electron chi connectivity index (χ2n) is 2.74. The van der Waals surface area contributed by atoms with Crippen LogP contribution in [0.3, 0.4) is 0 Å². The summed E-state index contributed by atoms with van der Waals surface area (Å²) in [5, 5.41) is 0. The van der Waals surface area contributed by atoms with Crippen LogP contribution in [0.4, 0.5) is 0 Å². The lowest BCUT2D eigenvalue weighted by atomic mass is 10.0. The molecule has 1 aromatic rings. The lowest BCUT2D eigenvalue weighted by molar-refractivity contribution is 1.51. The molecule has 0 aliphatic carbocycles. The Bertz CT molecular complexity index is 378. The highest BCUT2D eigenvalue weighted by atomic mass is 127. The molecule has 1 aromatic carbocycles. The molecule has 0 N–H and O–H groups in total. The van der Waals surface area contributed by atoms with Crippen LogP contribution in [0.2, 0.25) is 0 Å². The van der Waals surface area contributed by atoms with Gasteiger partial charge < -0.3 is 0 Å². The van der Waals surface area contributed by atoms with Gasteiger partial charge in [0.1, 0.15) is 0 Å². The highest BCUT2D eigenvalue weighted by Crippen LogP contribution is 2.17. The Morgan fingerprint density at radius 2 is 2.08 bits per heavy atom. The van der Waals surface area contributed by atoms with Gasteiger partial charge in [-0.25, -0.2) is 0 Å². The molecular formula is C12H11I. The van der Waals surface area contributed by atoms with E-state index in [1.54, 1.807) is 0 Å². The summed E-state index contributed by atoms with van der Waals surface area (Å²) in [6.45, 7) is 4.15. The monoisotopic (exact) mass is 282 g/mol. The maximum atomic E-state index is 3.09. The number of benzene rings is 1. The van der Waals surface area contributed by atoms with E-state index in [9.17, 15) is 0 Å². The number of hydrogen-bond acceptors (Lipinski definition) is 0. The van der Waals surface area contributed by atoms with Crippen molar-refractivity contribution in [2.75, 3.05) is 0 Å². The molecule has 66 valence electrons. The predicted molar refractivity (Wildman–Crippen MR) is 66.7 cm³/mol. The Labute approximate surface area is 93.2 Å². The van der Waals surface area contributed by atoms with Crippen LogP contribution in [0.5, 0.6) is 0 Å². The van der Waals surface area contributed by atoms with Crippen molar-refractivity contribution in [3.8, 4) is 9.85 Å². The minimum atomic E-state index is 1.10. The van der Waals surface area contributed by atoms with E-state index in [1.165, 1.54) is 11.1 Å². The Hall–Kier alpha value is -0.750. The van der Waals surface area contributed by atoms with Crippen molar-refractivity contribution in [3.63, 3.8) is 0 Å². The standard InChI is InChI=1S/C12H11I/c1-3-10(2)12-7-5-4-6-11(12)8-9-13/h3-7H,1-2H3/b10-3+. The molecule has 0 spiro atoms. The molecule has 0 saturated carbocycles. The fraction of sp³-hybridized carbons (Fsp3) is 0.167. The molecule has 0 heterocycles. The minimum absolute atomic E-state index is 1.10. The molecule has 0 unspecified atom stereocenters. The van der Waals surface area contributed by atoms with Crippen molar-refractivity contribution in [3.05, 3.63) is 41.5 Å². The van der Waals surface area contributed by atoms with Gasteiger partial charge in [-0.2, -0.15) is 0 Å². The van der Waals surface area contributed by atoms with Crippen molar-refractivity contribution >= 4 is 28.2 Å². The van der Waals surface area contributed by atoms with Gasteiger partial charge in [-0.3, -0.25) is 0 Å². The molecule has 0 aliphatic heterocycles. The normalized spacial score (nSPS) is 10.5. The predicted octanol–water partition coefficient (Wildman–Crippen LogP) is 3.85. The lowest BCUT2D eigenvalue weighted by Gasteiger charge is -2.03. The van der Waals surface area contributed by atoms with Gasteiger partial charge >= 0.3 is 0 Å². The summed E-state index contributed by atoms with van der Waals surface area (Å²) in [4.78, 5) is 0. The van der Waals surface area contributed by atoms with Gasteiger partial charge in [0, 0.05) is 28.2 Å². The number of rotatable bonds is 1. The Morgan fingerprint density at radius 3 is 2.69 bits per heavy atom. The van der Waals surface area contributed by atoms with Gasteiger partial charge in [0.25, 0.3) is 0 Å². The van der Waals surface area contributed by atoms with Crippen molar-refractivity contribution in [2.45, 2.75) is 13.8 Å². The third-order valence-corrected chi connectivity index (χ3v) is 2.24. The summed E-state index contributed by atoms with van der Waals surface area (Å²) in [7, 11) is 0. The molecular weight excluding hydrogens is 271 g/mol. The van der Waals surface area contributed by atoms with Crippen LogP contribution in [-0.2, 0) is 0 Å². The summed E-state index contributed by atoms with van der Waals surface area (Å²) >= 11 is 2.06. The van der Waals surface area contributed by atoms with Crippen molar-refractivity contribution < 1.29 is 0 Å². The van der Waals surface area contributed by atoms with Gasteiger partial charge in [0.2, 0.25) is 0 Å². The van der Waals surface area contributed by atoms with Gasteiger partial charge in [-0.15, -0.1) is 0 Å². The first kappa shape index (κ1) is 10.3. The molecule has 0 nitrogen and oxygen atoms in total. The number of halogens is 1. The summed E-state index contributed by atoms with van der Waals surface area (Å²) in [5.74, 6) is 3.09. The maximum Gasteiger partial charge on any atom is 0.0328 e. The van der Waals surface area contributed by atoms with E-state index in [4.69, 9.17) is 0 Å². The quantitative estimate of drug-likeness (QED) is 0.542. The van der Waals surface area contributed by atoms with E-state index in [1.807, 2.05) is 25.1 Å². The molecule has 0 fully saturated rings. The van der Waals surface area contributed by atoms with E-state index in [0.717, 1.165) is 5.56 Å². The Balaban J connectivity index is 3.25. The zero-order valence-electron chi connectivity index (χ0n) is 7.76. The average Bonchev–Trinajstić information content (AvgIpc) is 2.18. The van der Waals surface area contributed by atoms with Gasteiger partial charge in [-0.1, -0.05) is 30.2 Å². The maximum absolute atomic E-state index is 3.09. The zero-order valence-corrected chi connectivity index (χ0v) is 9.92. The van der Waals surface area contributed by atoms with Crippen LogP contribution in [-0.4, -0.2) is 0 Å². The largest absolute Gasteiger partial charge is 0.0841 e. The molecule has 0 saturated heterocycles. The van der Waals surface area contributed by atoms with Crippen LogP contribution >= 0.6 is 22.6 Å². The topological polar surface area (TPSA) is 0 Å². The smallest absolute Gasteiger partial charge is 0.0328 e. The molecule has 0 atom stereocenters. The molecule has 1 rings (SSSR count). The summed E-state index contributed by atoms with van der Waals surface area (Å²) < 4.78 is 2.90. The van der Waals surface area contributed by atoms with Crippen LogP contribution in [0.25, 0.3) is 5.57 Å². The van der Waals surface area contributed by atoms with Crippen LogP contribution in [0, 0.1) is 9.85 Å². The second-order valence-corrected chi connectivity index (χ2v) is 3.28. The van der Waals surface area contributed by atoms with Crippen molar-refractivity contribution in [1.29, 1.82) is 0 Å².